The first-order chi connectivity index (χ1) is 15.5. The zero-order chi connectivity index (χ0) is 24.2. The van der Waals surface area contributed by atoms with Crippen LogP contribution in [0.1, 0.15) is 57.6 Å². The molecule has 0 unspecified atom stereocenters. The Balaban J connectivity index is 0.00000408. The van der Waals surface area contributed by atoms with Crippen molar-refractivity contribution in [2.45, 2.75) is 63.3 Å². The molecule has 1 amide bonds. The van der Waals surface area contributed by atoms with Gasteiger partial charge in [-0.05, 0) is 72.4 Å². The van der Waals surface area contributed by atoms with Gasteiger partial charge in [-0.1, -0.05) is 61.0 Å². The van der Waals surface area contributed by atoms with Gasteiger partial charge in [-0.25, -0.2) is 8.42 Å². The van der Waals surface area contributed by atoms with Gasteiger partial charge in [0.1, 0.15) is 0 Å². The second-order valence-electron chi connectivity index (χ2n) is 9.89. The number of hydrogen-bond donors (Lipinski definition) is 1. The molecule has 3 rings (SSSR count). The van der Waals surface area contributed by atoms with Gasteiger partial charge in [0.15, 0.2) is 0 Å². The molecule has 1 fully saturated rings. The van der Waals surface area contributed by atoms with Crippen LogP contribution in [0.3, 0.4) is 0 Å². The topological polar surface area (TPSA) is 89.5 Å². The average molecular weight is 560 g/mol. The quantitative estimate of drug-likeness (QED) is 0.417. The van der Waals surface area contributed by atoms with Crippen LogP contribution in [-0.4, -0.2) is 25.2 Å². The molecule has 9 heteroatoms. The fourth-order valence-electron chi connectivity index (χ4n) is 4.34. The van der Waals surface area contributed by atoms with E-state index in [0.29, 0.717) is 32.2 Å². The van der Waals surface area contributed by atoms with Crippen molar-refractivity contribution in [3.05, 3.63) is 69.3 Å². The summed E-state index contributed by atoms with van der Waals surface area (Å²) in [5.41, 5.74) is 3.41. The van der Waals surface area contributed by atoms with Crippen LogP contribution in [0.25, 0.3) is 0 Å². The van der Waals surface area contributed by atoms with Gasteiger partial charge < -0.3 is 10.7 Å². The van der Waals surface area contributed by atoms with Crippen molar-refractivity contribution in [3.63, 3.8) is 0 Å². The summed E-state index contributed by atoms with van der Waals surface area (Å²) in [6.45, 7) is 6.93. The van der Waals surface area contributed by atoms with Crippen molar-refractivity contribution < 1.29 is 42.8 Å². The zero-order valence-electron chi connectivity index (χ0n) is 20.4. The number of halogens is 1. The van der Waals surface area contributed by atoms with E-state index in [-0.39, 0.29) is 58.2 Å². The molecule has 0 saturated heterocycles. The Morgan fingerprint density at radius 3 is 2.24 bits per heavy atom. The van der Waals surface area contributed by atoms with Gasteiger partial charge >= 0.3 is 29.6 Å². The number of benzene rings is 2. The molecule has 2 aromatic carbocycles. The van der Waals surface area contributed by atoms with Crippen LogP contribution in [-0.2, 0) is 26.8 Å². The zero-order valence-corrected chi connectivity index (χ0v) is 24.8. The van der Waals surface area contributed by atoms with Gasteiger partial charge in [0.25, 0.3) is 0 Å². The summed E-state index contributed by atoms with van der Waals surface area (Å²) in [4.78, 5) is 12.0. The first kappa shape index (κ1) is 29.5. The molecule has 1 saturated carbocycles. The Hall–Kier alpha value is -0.740. The summed E-state index contributed by atoms with van der Waals surface area (Å²) in [6.07, 6.45) is 2.63. The number of carbonyl (C=O) groups excluding carboxylic acids is 1. The Morgan fingerprint density at radius 2 is 1.71 bits per heavy atom. The van der Waals surface area contributed by atoms with Crippen LogP contribution in [0.5, 0.6) is 0 Å². The van der Waals surface area contributed by atoms with Crippen LogP contribution in [0.2, 0.25) is 0 Å². The fourth-order valence-corrected chi connectivity index (χ4v) is 6.29. The molecule has 0 radical (unpaired) electrons. The Labute approximate surface area is 233 Å². The number of hydrogen-bond acceptors (Lipinski definition) is 4. The fraction of sp³-hybridized carbons (Fsp3) is 0.480. The van der Waals surface area contributed by atoms with Crippen LogP contribution in [0.15, 0.2) is 57.9 Å². The molecular formula is C25H32BrN2NaO4S. The van der Waals surface area contributed by atoms with E-state index in [9.17, 15) is 18.4 Å². The molecule has 0 aromatic heterocycles. The maximum absolute atomic E-state index is 13.7. The maximum Gasteiger partial charge on any atom is 1.00 e. The molecule has 34 heavy (non-hydrogen) atoms. The van der Waals surface area contributed by atoms with Crippen LogP contribution in [0, 0.1) is 17.0 Å². The van der Waals surface area contributed by atoms with E-state index in [1.807, 2.05) is 36.4 Å². The largest absolute Gasteiger partial charge is 1.00 e. The number of amides is 1. The summed E-state index contributed by atoms with van der Waals surface area (Å²) >= 11 is 3.47. The molecule has 0 atom stereocenters. The number of sulfonamides is 1. The van der Waals surface area contributed by atoms with Crippen LogP contribution < -0.4 is 35.0 Å². The van der Waals surface area contributed by atoms with Gasteiger partial charge in [-0.2, -0.15) is 4.31 Å². The Kier molecular flexibility index (Phi) is 10.8. The average Bonchev–Trinajstić information content (AvgIpc) is 2.78. The molecule has 1 aliphatic rings. The third-order valence-electron chi connectivity index (χ3n) is 6.39. The van der Waals surface area contributed by atoms with E-state index in [0.717, 1.165) is 15.6 Å². The minimum Gasteiger partial charge on any atom is -0.759 e. The molecule has 1 aliphatic carbocycles. The minimum absolute atomic E-state index is 0. The SMILES string of the molecule is CC(C)(C)c1ccc(S(=O)(=O)N(Cc2cccc(Br)c2)CC2CCC(C(=O)N[O-])CC2)cc1.[Na+]. The van der Waals surface area contributed by atoms with Crippen molar-refractivity contribution in [1.29, 1.82) is 0 Å². The van der Waals surface area contributed by atoms with Crippen molar-refractivity contribution in [1.82, 2.24) is 9.79 Å². The molecule has 0 heterocycles. The number of nitrogens with one attached hydrogen (secondary N) is 1. The molecule has 0 bridgehead atoms. The van der Waals surface area contributed by atoms with Crippen LogP contribution >= 0.6 is 15.9 Å². The molecular weight excluding hydrogens is 527 g/mol. The van der Waals surface area contributed by atoms with Gasteiger partial charge in [0.2, 0.25) is 15.9 Å². The van der Waals surface area contributed by atoms with Gasteiger partial charge in [-0.3, -0.25) is 4.79 Å². The standard InChI is InChI=1S/C25H32BrN2O4S.Na/c1-25(2,3)21-11-13-23(14-12-21)33(31,32)28(17-19-5-4-6-22(26)15-19)16-18-7-9-20(10-8-18)24(29)27-30;/h4-6,11-15,18,20H,7-10,16-17H2,1-3H3,(H-,27,29,30);/q-1;+1. The van der Waals surface area contributed by atoms with E-state index in [1.54, 1.807) is 16.4 Å². The minimum atomic E-state index is -3.72. The van der Waals surface area contributed by atoms with E-state index < -0.39 is 15.9 Å². The maximum atomic E-state index is 13.7. The first-order valence-corrected chi connectivity index (χ1v) is 13.5. The number of hydroxylamine groups is 1. The van der Waals surface area contributed by atoms with E-state index >= 15 is 0 Å². The summed E-state index contributed by atoms with van der Waals surface area (Å²) in [5.74, 6) is -0.610. The van der Waals surface area contributed by atoms with Crippen molar-refractivity contribution in [2.75, 3.05) is 6.54 Å². The molecule has 1 N–H and O–H groups in total. The predicted octanol–water partition coefficient (Wildman–Crippen LogP) is 2.36. The number of rotatable bonds is 7. The molecule has 180 valence electrons. The second kappa shape index (κ2) is 12.5. The molecule has 0 aliphatic heterocycles. The predicted molar refractivity (Wildman–Crippen MR) is 134 cm³/mol. The number of nitrogens with zero attached hydrogens (tertiary/aromatic N) is 1. The Morgan fingerprint density at radius 1 is 1.09 bits per heavy atom. The summed E-state index contributed by atoms with van der Waals surface area (Å²) in [7, 11) is -3.72. The van der Waals surface area contributed by atoms with Gasteiger partial charge in [0, 0.05) is 23.5 Å². The third-order valence-corrected chi connectivity index (χ3v) is 8.71. The second-order valence-corrected chi connectivity index (χ2v) is 12.7. The van der Waals surface area contributed by atoms with Crippen LogP contribution in [0.4, 0.5) is 0 Å². The van der Waals surface area contributed by atoms with Gasteiger partial charge in [0.05, 0.1) is 4.90 Å². The van der Waals surface area contributed by atoms with E-state index in [1.165, 1.54) is 5.48 Å². The van der Waals surface area contributed by atoms with Crippen molar-refractivity contribution in [2.24, 2.45) is 11.8 Å². The summed E-state index contributed by atoms with van der Waals surface area (Å²) < 4.78 is 29.8. The smallest absolute Gasteiger partial charge is 0.759 e. The van der Waals surface area contributed by atoms with Crippen molar-refractivity contribution in [3.8, 4) is 0 Å². The first-order valence-electron chi connectivity index (χ1n) is 11.3. The van der Waals surface area contributed by atoms with E-state index in [2.05, 4.69) is 36.7 Å². The molecule has 2 aromatic rings. The Bertz CT molecular complexity index is 1060. The molecule has 0 spiro atoms. The third kappa shape index (κ3) is 7.63. The van der Waals surface area contributed by atoms with E-state index in [4.69, 9.17) is 0 Å². The van der Waals surface area contributed by atoms with Gasteiger partial charge in [-0.15, -0.1) is 0 Å². The number of carbonyl (C=O) groups is 1. The monoisotopic (exact) mass is 558 g/mol. The van der Waals surface area contributed by atoms with Crippen molar-refractivity contribution >= 4 is 31.9 Å². The summed E-state index contributed by atoms with van der Waals surface area (Å²) in [6, 6.07) is 14.8. The molecule has 6 nitrogen and oxygen atoms in total. The normalized spacial score (nSPS) is 18.9. The summed E-state index contributed by atoms with van der Waals surface area (Å²) in [5, 5.41) is 10.7.